The lowest BCUT2D eigenvalue weighted by Crippen LogP contribution is -2.24. The van der Waals surface area contributed by atoms with Crippen molar-refractivity contribution in [1.82, 2.24) is 15.1 Å². The van der Waals surface area contributed by atoms with Crippen molar-refractivity contribution < 1.29 is 18.8 Å². The summed E-state index contributed by atoms with van der Waals surface area (Å²) in [6, 6.07) is 7.60. The summed E-state index contributed by atoms with van der Waals surface area (Å²) in [7, 11) is 0. The van der Waals surface area contributed by atoms with Gasteiger partial charge in [0.1, 0.15) is 10.6 Å². The van der Waals surface area contributed by atoms with Crippen LogP contribution >= 0.6 is 11.6 Å². The minimum atomic E-state index is -0.477. The lowest BCUT2D eigenvalue weighted by Gasteiger charge is -2.19. The first-order valence-electron chi connectivity index (χ1n) is 10.5. The summed E-state index contributed by atoms with van der Waals surface area (Å²) in [6.07, 6.45) is 2.49. The Labute approximate surface area is 193 Å². The molecule has 0 fully saturated rings. The molecule has 0 aliphatic heterocycles. The molecule has 3 rings (SSSR count). The van der Waals surface area contributed by atoms with Crippen molar-refractivity contribution in [3.8, 4) is 28.7 Å². The van der Waals surface area contributed by atoms with E-state index in [-0.39, 0.29) is 12.1 Å². The lowest BCUT2D eigenvalue weighted by atomic mass is 10.0. The average molecular weight is 458 g/mol. The second kappa shape index (κ2) is 9.69. The fourth-order valence-corrected chi connectivity index (χ4v) is 3.28. The predicted octanol–water partition coefficient (Wildman–Crippen LogP) is 5.82. The molecular formula is C24H28ClN3O4. The highest BCUT2D eigenvalue weighted by molar-refractivity contribution is 6.32. The number of carbonyl (C=O) groups excluding carboxylic acids is 1. The van der Waals surface area contributed by atoms with E-state index >= 15 is 0 Å². The van der Waals surface area contributed by atoms with Gasteiger partial charge in [0.15, 0.2) is 0 Å². The monoisotopic (exact) mass is 457 g/mol. The van der Waals surface area contributed by atoms with Crippen molar-refractivity contribution in [1.29, 1.82) is 0 Å². The molecule has 0 saturated carbocycles. The molecule has 0 spiro atoms. The number of hydrogen-bond donors (Lipinski definition) is 0. The van der Waals surface area contributed by atoms with Gasteiger partial charge in [-0.3, -0.25) is 4.79 Å². The van der Waals surface area contributed by atoms with Gasteiger partial charge in [-0.05, 0) is 65.2 Å². The Morgan fingerprint density at radius 2 is 1.97 bits per heavy atom. The first-order chi connectivity index (χ1) is 15.0. The smallest absolute Gasteiger partial charge is 0.306 e. The molecule has 2 aromatic heterocycles. The molecule has 0 aliphatic rings. The maximum absolute atomic E-state index is 12.0. The first kappa shape index (κ1) is 23.7. The third kappa shape index (κ3) is 6.29. The topological polar surface area (TPSA) is 87.3 Å². The van der Waals surface area contributed by atoms with E-state index in [1.165, 1.54) is 0 Å². The molecule has 3 aromatic rings. The zero-order chi connectivity index (χ0) is 23.5. The minimum Gasteiger partial charge on any atom is -0.474 e. The van der Waals surface area contributed by atoms with Crippen LogP contribution in [-0.2, 0) is 16.0 Å². The van der Waals surface area contributed by atoms with Gasteiger partial charge in [-0.25, -0.2) is 4.98 Å². The number of benzene rings is 1. The maximum Gasteiger partial charge on any atom is 0.306 e. The summed E-state index contributed by atoms with van der Waals surface area (Å²) in [5, 5.41) is 4.48. The summed E-state index contributed by atoms with van der Waals surface area (Å²) >= 11 is 6.27. The number of halogens is 1. The number of pyridine rings is 1. The standard InChI is InChI=1S/C24H28ClN3O4/c1-14(2)30-23-19(25)12-17(13-26-23)22-27-21(28-32-22)18-9-7-16(11-15(18)3)8-10-20(29)31-24(4,5)6/h7,9,11-14H,8,10H2,1-6H3. The number of esters is 1. The summed E-state index contributed by atoms with van der Waals surface area (Å²) in [6.45, 7) is 11.4. The van der Waals surface area contributed by atoms with Crippen molar-refractivity contribution >= 4 is 17.6 Å². The van der Waals surface area contributed by atoms with Gasteiger partial charge in [0.05, 0.1) is 11.7 Å². The molecule has 0 bridgehead atoms. The Hall–Kier alpha value is -2.93. The number of hydrogen-bond acceptors (Lipinski definition) is 7. The molecule has 0 saturated heterocycles. The maximum atomic E-state index is 12.0. The van der Waals surface area contributed by atoms with E-state index in [2.05, 4.69) is 15.1 Å². The molecule has 7 nitrogen and oxygen atoms in total. The molecule has 170 valence electrons. The Balaban J connectivity index is 1.72. The van der Waals surface area contributed by atoms with Crippen LogP contribution in [-0.4, -0.2) is 32.8 Å². The molecule has 0 unspecified atom stereocenters. The fourth-order valence-electron chi connectivity index (χ4n) is 3.07. The van der Waals surface area contributed by atoms with E-state index in [0.717, 1.165) is 16.7 Å². The molecule has 0 radical (unpaired) electrons. The highest BCUT2D eigenvalue weighted by Gasteiger charge is 2.17. The second-order valence-electron chi connectivity index (χ2n) is 8.84. The van der Waals surface area contributed by atoms with E-state index in [9.17, 15) is 4.79 Å². The Bertz CT molecular complexity index is 1100. The van der Waals surface area contributed by atoms with Crippen LogP contribution < -0.4 is 4.74 Å². The third-order valence-electron chi connectivity index (χ3n) is 4.40. The van der Waals surface area contributed by atoms with Gasteiger partial charge in [-0.2, -0.15) is 4.98 Å². The molecule has 0 N–H and O–H groups in total. The highest BCUT2D eigenvalue weighted by atomic mass is 35.5. The van der Waals surface area contributed by atoms with Crippen LogP contribution in [0.25, 0.3) is 22.8 Å². The van der Waals surface area contributed by atoms with Crippen molar-refractivity contribution in [2.24, 2.45) is 0 Å². The highest BCUT2D eigenvalue weighted by Crippen LogP contribution is 2.30. The molecule has 0 aliphatic carbocycles. The number of aromatic nitrogens is 3. The normalized spacial score (nSPS) is 11.6. The van der Waals surface area contributed by atoms with Crippen LogP contribution in [0.5, 0.6) is 5.88 Å². The minimum absolute atomic E-state index is 0.0315. The Morgan fingerprint density at radius 1 is 1.22 bits per heavy atom. The van der Waals surface area contributed by atoms with Crippen molar-refractivity contribution in [2.45, 2.75) is 66.1 Å². The quantitative estimate of drug-likeness (QED) is 0.413. The molecule has 1 aromatic carbocycles. The van der Waals surface area contributed by atoms with Gasteiger partial charge in [0, 0.05) is 18.2 Å². The van der Waals surface area contributed by atoms with Crippen molar-refractivity contribution in [3.05, 3.63) is 46.6 Å². The largest absolute Gasteiger partial charge is 0.474 e. The van der Waals surface area contributed by atoms with Gasteiger partial charge in [-0.15, -0.1) is 0 Å². The second-order valence-corrected chi connectivity index (χ2v) is 9.24. The van der Waals surface area contributed by atoms with Crippen molar-refractivity contribution in [3.63, 3.8) is 0 Å². The van der Waals surface area contributed by atoms with Gasteiger partial charge in [-0.1, -0.05) is 35.0 Å². The van der Waals surface area contributed by atoms with Crippen LogP contribution in [0.4, 0.5) is 0 Å². The fraction of sp³-hybridized carbons (Fsp3) is 0.417. The van der Waals surface area contributed by atoms with Gasteiger partial charge in [0.25, 0.3) is 5.89 Å². The van der Waals surface area contributed by atoms with Crippen molar-refractivity contribution in [2.75, 3.05) is 0 Å². The SMILES string of the molecule is Cc1cc(CCC(=O)OC(C)(C)C)ccc1-c1noc(-c2cnc(OC(C)C)c(Cl)c2)n1. The van der Waals surface area contributed by atoms with E-state index in [1.54, 1.807) is 12.3 Å². The molecule has 32 heavy (non-hydrogen) atoms. The molecule has 2 heterocycles. The van der Waals surface area contributed by atoms with E-state index < -0.39 is 5.60 Å². The summed E-state index contributed by atoms with van der Waals surface area (Å²) in [5.41, 5.74) is 3.00. The van der Waals surface area contributed by atoms with Crippen LogP contribution in [0.3, 0.4) is 0 Å². The zero-order valence-corrected chi connectivity index (χ0v) is 20.0. The molecule has 0 amide bonds. The number of aryl methyl sites for hydroxylation is 2. The molecule has 8 heteroatoms. The number of ether oxygens (including phenoxy) is 2. The Morgan fingerprint density at radius 3 is 2.59 bits per heavy atom. The van der Waals surface area contributed by atoms with E-state index in [0.29, 0.717) is 41.0 Å². The van der Waals surface area contributed by atoms with Crippen LogP contribution in [0, 0.1) is 6.92 Å². The molecular weight excluding hydrogens is 430 g/mol. The molecule has 0 atom stereocenters. The third-order valence-corrected chi connectivity index (χ3v) is 4.67. The predicted molar refractivity (Wildman–Crippen MR) is 123 cm³/mol. The zero-order valence-electron chi connectivity index (χ0n) is 19.2. The number of carbonyl (C=O) groups is 1. The summed E-state index contributed by atoms with van der Waals surface area (Å²) in [5.74, 6) is 0.941. The van der Waals surface area contributed by atoms with Crippen LogP contribution in [0.15, 0.2) is 35.0 Å². The van der Waals surface area contributed by atoms with Crippen LogP contribution in [0.2, 0.25) is 5.02 Å². The summed E-state index contributed by atoms with van der Waals surface area (Å²) in [4.78, 5) is 20.7. The van der Waals surface area contributed by atoms with Gasteiger partial charge >= 0.3 is 5.97 Å². The van der Waals surface area contributed by atoms with Crippen LogP contribution in [0.1, 0.15) is 52.2 Å². The van der Waals surface area contributed by atoms with Gasteiger partial charge < -0.3 is 14.0 Å². The van der Waals surface area contributed by atoms with Gasteiger partial charge in [0.2, 0.25) is 11.7 Å². The van der Waals surface area contributed by atoms with E-state index in [1.807, 2.05) is 59.7 Å². The number of nitrogens with zero attached hydrogens (tertiary/aromatic N) is 3. The Kier molecular flexibility index (Phi) is 7.19. The van der Waals surface area contributed by atoms with E-state index in [4.69, 9.17) is 25.6 Å². The average Bonchev–Trinajstić information content (AvgIpc) is 3.16. The lowest BCUT2D eigenvalue weighted by molar-refractivity contribution is -0.154. The number of rotatable bonds is 7. The summed E-state index contributed by atoms with van der Waals surface area (Å²) < 4.78 is 16.4. The first-order valence-corrected chi connectivity index (χ1v) is 10.9.